The second-order valence-electron chi connectivity index (χ2n) is 8.75. The molecule has 1 N–H and O–H groups in total. The SMILES string of the molecule is O=C1CN2c3c(cccc3C3CN(CCC(=O)c4cccc5c4OCC5)CC[C@@H]32)N1. The van der Waals surface area contributed by atoms with Crippen LogP contribution in [-0.2, 0) is 11.2 Å². The Kier molecular flexibility index (Phi) is 4.09. The van der Waals surface area contributed by atoms with Crippen LogP contribution in [0.15, 0.2) is 36.4 Å². The number of carbonyl (C=O) groups is 2. The van der Waals surface area contributed by atoms with Crippen LogP contribution in [-0.4, -0.2) is 55.4 Å². The Balaban J connectivity index is 1.17. The van der Waals surface area contributed by atoms with Crippen molar-refractivity contribution >= 4 is 23.1 Å². The number of carbonyl (C=O) groups excluding carboxylic acids is 2. The predicted octanol–water partition coefficient (Wildman–Crippen LogP) is 2.82. The minimum atomic E-state index is 0.0749. The largest absolute Gasteiger partial charge is 0.492 e. The number of nitrogens with one attached hydrogen (secondary N) is 1. The number of ether oxygens (including phenoxy) is 1. The average molecular weight is 403 g/mol. The molecule has 0 radical (unpaired) electrons. The van der Waals surface area contributed by atoms with Gasteiger partial charge in [0.15, 0.2) is 5.78 Å². The minimum Gasteiger partial charge on any atom is -0.492 e. The predicted molar refractivity (Wildman–Crippen MR) is 115 cm³/mol. The van der Waals surface area contributed by atoms with Gasteiger partial charge in [0.25, 0.3) is 0 Å². The van der Waals surface area contributed by atoms with Crippen LogP contribution < -0.4 is 15.0 Å². The van der Waals surface area contributed by atoms with Gasteiger partial charge in [-0.05, 0) is 29.7 Å². The molecule has 4 aliphatic heterocycles. The van der Waals surface area contributed by atoms with E-state index in [4.69, 9.17) is 4.74 Å². The van der Waals surface area contributed by atoms with Crippen molar-refractivity contribution in [1.82, 2.24) is 4.90 Å². The van der Waals surface area contributed by atoms with Crippen molar-refractivity contribution in [3.63, 3.8) is 0 Å². The summed E-state index contributed by atoms with van der Waals surface area (Å²) in [5.41, 5.74) is 5.37. The van der Waals surface area contributed by atoms with Gasteiger partial charge in [-0.1, -0.05) is 24.3 Å². The lowest BCUT2D eigenvalue weighted by molar-refractivity contribution is -0.115. The summed E-state index contributed by atoms with van der Waals surface area (Å²) in [6.45, 7) is 3.77. The third-order valence-electron chi connectivity index (χ3n) is 7.07. The van der Waals surface area contributed by atoms with Gasteiger partial charge in [0.05, 0.1) is 30.1 Å². The van der Waals surface area contributed by atoms with Gasteiger partial charge in [-0.3, -0.25) is 9.59 Å². The maximum absolute atomic E-state index is 12.9. The number of hydrogen-bond acceptors (Lipinski definition) is 5. The van der Waals surface area contributed by atoms with Gasteiger partial charge in [-0.2, -0.15) is 0 Å². The zero-order valence-electron chi connectivity index (χ0n) is 16.9. The summed E-state index contributed by atoms with van der Waals surface area (Å²) in [5, 5.41) is 3.02. The number of benzene rings is 2. The third kappa shape index (κ3) is 2.74. The lowest BCUT2D eigenvalue weighted by atomic mass is 9.89. The maximum atomic E-state index is 12.9. The van der Waals surface area contributed by atoms with E-state index in [1.54, 1.807) is 0 Å². The first-order valence-corrected chi connectivity index (χ1v) is 10.9. The number of amides is 1. The Labute approximate surface area is 175 Å². The zero-order chi connectivity index (χ0) is 20.2. The molecule has 1 saturated heterocycles. The lowest BCUT2D eigenvalue weighted by Gasteiger charge is -2.39. The second-order valence-corrected chi connectivity index (χ2v) is 8.75. The van der Waals surface area contributed by atoms with E-state index in [-0.39, 0.29) is 11.7 Å². The highest BCUT2D eigenvalue weighted by atomic mass is 16.5. The molecule has 1 amide bonds. The van der Waals surface area contributed by atoms with Crippen molar-refractivity contribution in [3.05, 3.63) is 53.1 Å². The van der Waals surface area contributed by atoms with Crippen molar-refractivity contribution in [2.75, 3.05) is 43.0 Å². The molecule has 6 heteroatoms. The van der Waals surface area contributed by atoms with Crippen LogP contribution in [0.3, 0.4) is 0 Å². The van der Waals surface area contributed by atoms with Gasteiger partial charge in [0, 0.05) is 44.4 Å². The Morgan fingerprint density at radius 3 is 3.03 bits per heavy atom. The van der Waals surface area contributed by atoms with E-state index in [0.29, 0.717) is 31.5 Å². The molecule has 0 saturated carbocycles. The molecule has 2 atom stereocenters. The topological polar surface area (TPSA) is 61.9 Å². The van der Waals surface area contributed by atoms with Gasteiger partial charge < -0.3 is 19.9 Å². The third-order valence-corrected chi connectivity index (χ3v) is 7.07. The Bertz CT molecular complexity index is 1050. The summed E-state index contributed by atoms with van der Waals surface area (Å²) < 4.78 is 5.71. The second kappa shape index (κ2) is 6.84. The Morgan fingerprint density at radius 2 is 2.10 bits per heavy atom. The van der Waals surface area contributed by atoms with Crippen LogP contribution in [0, 0.1) is 0 Å². The molecule has 0 aliphatic carbocycles. The smallest absolute Gasteiger partial charge is 0.243 e. The first-order chi connectivity index (χ1) is 14.7. The van der Waals surface area contributed by atoms with Crippen LogP contribution in [0.25, 0.3) is 0 Å². The number of ketones is 1. The molecule has 2 aromatic carbocycles. The summed E-state index contributed by atoms with van der Waals surface area (Å²) >= 11 is 0. The first kappa shape index (κ1) is 18.0. The van der Waals surface area contributed by atoms with E-state index in [2.05, 4.69) is 21.2 Å². The molecule has 154 valence electrons. The molecular formula is C24H25N3O3. The van der Waals surface area contributed by atoms with Gasteiger partial charge in [0.1, 0.15) is 5.75 Å². The number of Topliss-reactive ketones (excluding diaryl/α,β-unsaturated/α-hetero) is 1. The van der Waals surface area contributed by atoms with Crippen LogP contribution in [0.2, 0.25) is 0 Å². The number of likely N-dealkylation sites (tertiary alicyclic amines) is 1. The molecule has 4 heterocycles. The van der Waals surface area contributed by atoms with E-state index in [0.717, 1.165) is 55.0 Å². The molecule has 2 aromatic rings. The van der Waals surface area contributed by atoms with E-state index < -0.39 is 0 Å². The number of piperidine rings is 1. The normalized spacial score (nSPS) is 24.0. The highest BCUT2D eigenvalue weighted by Crippen LogP contribution is 2.49. The molecule has 4 aliphatic rings. The van der Waals surface area contributed by atoms with Gasteiger partial charge >= 0.3 is 0 Å². The Hall–Kier alpha value is -2.86. The number of fused-ring (bicyclic) bond motifs is 4. The standard InChI is InChI=1S/C24H25N3O3/c28-21(17-5-1-3-15-9-12-30-24(15)17)8-11-26-10-7-20-18(13-26)16-4-2-6-19-23(16)27(20)14-22(29)25-19/h1-6,18,20H,7-14H2,(H,25,29)/t18?,20-/m0/s1. The summed E-state index contributed by atoms with van der Waals surface area (Å²) in [5.74, 6) is 1.43. The van der Waals surface area contributed by atoms with Crippen molar-refractivity contribution < 1.29 is 14.3 Å². The monoisotopic (exact) mass is 403 g/mol. The van der Waals surface area contributed by atoms with Gasteiger partial charge in [-0.25, -0.2) is 0 Å². The molecule has 0 aromatic heterocycles. The van der Waals surface area contributed by atoms with E-state index in [1.807, 2.05) is 30.3 Å². The van der Waals surface area contributed by atoms with Crippen molar-refractivity contribution in [3.8, 4) is 5.75 Å². The summed E-state index contributed by atoms with van der Waals surface area (Å²) in [7, 11) is 0. The van der Waals surface area contributed by atoms with Gasteiger partial charge in [0.2, 0.25) is 5.91 Å². The maximum Gasteiger partial charge on any atom is 0.243 e. The molecule has 6 nitrogen and oxygen atoms in total. The average Bonchev–Trinajstić information content (AvgIpc) is 3.36. The molecule has 30 heavy (non-hydrogen) atoms. The van der Waals surface area contributed by atoms with E-state index >= 15 is 0 Å². The number of para-hydroxylation sites is 2. The quantitative estimate of drug-likeness (QED) is 0.796. The highest BCUT2D eigenvalue weighted by Gasteiger charge is 2.45. The van der Waals surface area contributed by atoms with Crippen LogP contribution in [0.5, 0.6) is 5.75 Å². The number of hydrogen-bond donors (Lipinski definition) is 1. The summed E-state index contributed by atoms with van der Waals surface area (Å²) in [6, 6.07) is 12.5. The summed E-state index contributed by atoms with van der Waals surface area (Å²) in [4.78, 5) is 29.8. The van der Waals surface area contributed by atoms with Crippen LogP contribution in [0.1, 0.15) is 40.2 Å². The Morgan fingerprint density at radius 1 is 1.20 bits per heavy atom. The molecule has 0 spiro atoms. The lowest BCUT2D eigenvalue weighted by Crippen LogP contribution is -2.49. The van der Waals surface area contributed by atoms with Crippen molar-refractivity contribution in [1.29, 1.82) is 0 Å². The number of nitrogens with zero attached hydrogens (tertiary/aromatic N) is 2. The van der Waals surface area contributed by atoms with Crippen molar-refractivity contribution in [2.24, 2.45) is 0 Å². The molecule has 1 fully saturated rings. The highest BCUT2D eigenvalue weighted by molar-refractivity contribution is 6.03. The fourth-order valence-corrected chi connectivity index (χ4v) is 5.71. The van der Waals surface area contributed by atoms with Crippen LogP contribution >= 0.6 is 0 Å². The number of anilines is 2. The zero-order valence-corrected chi connectivity index (χ0v) is 16.9. The first-order valence-electron chi connectivity index (χ1n) is 10.9. The van der Waals surface area contributed by atoms with Gasteiger partial charge in [-0.15, -0.1) is 0 Å². The minimum absolute atomic E-state index is 0.0749. The van der Waals surface area contributed by atoms with Crippen molar-refractivity contribution in [2.45, 2.75) is 31.2 Å². The van der Waals surface area contributed by atoms with E-state index in [9.17, 15) is 9.59 Å². The fourth-order valence-electron chi connectivity index (χ4n) is 5.71. The van der Waals surface area contributed by atoms with Crippen LogP contribution in [0.4, 0.5) is 11.4 Å². The molecule has 1 unspecified atom stereocenters. The molecule has 6 rings (SSSR count). The summed E-state index contributed by atoms with van der Waals surface area (Å²) in [6.07, 6.45) is 2.42. The molecular weight excluding hydrogens is 378 g/mol. The fraction of sp³-hybridized carbons (Fsp3) is 0.417. The van der Waals surface area contributed by atoms with E-state index in [1.165, 1.54) is 11.3 Å². The number of rotatable bonds is 4. The molecule has 0 bridgehead atoms.